The fraction of sp³-hybridized carbons (Fsp3) is 0.333. The van der Waals surface area contributed by atoms with Crippen LogP contribution in [0.5, 0.6) is 0 Å². The molecule has 2 aromatic rings. The van der Waals surface area contributed by atoms with Gasteiger partial charge in [-0.1, -0.05) is 36.4 Å². The fourth-order valence-corrected chi connectivity index (χ4v) is 2.99. The summed E-state index contributed by atoms with van der Waals surface area (Å²) in [5.74, 6) is 0.486. The topological polar surface area (TPSA) is 68.5 Å². The summed E-state index contributed by atoms with van der Waals surface area (Å²) in [4.78, 5) is 18.4. The number of benzene rings is 1. The summed E-state index contributed by atoms with van der Waals surface area (Å²) in [6, 6.07) is 13.4. The first-order valence-corrected chi connectivity index (χ1v) is 7.93. The van der Waals surface area contributed by atoms with Gasteiger partial charge < -0.3 is 15.4 Å². The number of pyridine rings is 1. The molecule has 5 heteroatoms. The standard InChI is InChI=1S/C18H21N3O2/c19-17-15(9-6-11-20-17)16-10-4-5-12-21(16)18(22)23-13-14-7-2-1-3-8-14/h1-3,6-9,11,16H,4-5,10,12-13H2,(H2,19,20)/t16-/m1/s1. The summed E-state index contributed by atoms with van der Waals surface area (Å²) in [6.07, 6.45) is 4.32. The second kappa shape index (κ2) is 7.13. The van der Waals surface area contributed by atoms with E-state index in [1.165, 1.54) is 0 Å². The molecule has 1 saturated heterocycles. The zero-order valence-electron chi connectivity index (χ0n) is 13.0. The number of ether oxygens (including phenoxy) is 1. The number of aromatic nitrogens is 1. The van der Waals surface area contributed by atoms with E-state index in [1.807, 2.05) is 42.5 Å². The minimum absolute atomic E-state index is 0.0549. The van der Waals surface area contributed by atoms with Gasteiger partial charge in [0.1, 0.15) is 12.4 Å². The number of hydrogen-bond donors (Lipinski definition) is 1. The van der Waals surface area contributed by atoms with Gasteiger partial charge in [-0.2, -0.15) is 0 Å². The molecule has 1 fully saturated rings. The first kappa shape index (κ1) is 15.3. The predicted octanol–water partition coefficient (Wildman–Crippen LogP) is 3.53. The van der Waals surface area contributed by atoms with Gasteiger partial charge in [0.25, 0.3) is 0 Å². The summed E-state index contributed by atoms with van der Waals surface area (Å²) in [7, 11) is 0. The Bertz CT molecular complexity index is 660. The first-order valence-electron chi connectivity index (χ1n) is 7.93. The molecule has 0 aliphatic carbocycles. The molecule has 0 bridgehead atoms. The van der Waals surface area contributed by atoms with E-state index >= 15 is 0 Å². The normalized spacial score (nSPS) is 17.7. The highest BCUT2D eigenvalue weighted by atomic mass is 16.6. The van der Waals surface area contributed by atoms with E-state index in [-0.39, 0.29) is 18.7 Å². The average Bonchev–Trinajstić information content (AvgIpc) is 2.61. The van der Waals surface area contributed by atoms with E-state index in [0.717, 1.165) is 30.4 Å². The molecule has 1 atom stereocenters. The summed E-state index contributed by atoms with van der Waals surface area (Å²) in [5, 5.41) is 0. The largest absolute Gasteiger partial charge is 0.445 e. The third-order valence-corrected chi connectivity index (χ3v) is 4.17. The van der Waals surface area contributed by atoms with Crippen molar-refractivity contribution < 1.29 is 9.53 Å². The molecule has 0 unspecified atom stereocenters. The molecule has 1 aromatic carbocycles. The molecule has 3 rings (SSSR count). The Labute approximate surface area is 136 Å². The lowest BCUT2D eigenvalue weighted by atomic mass is 9.96. The van der Waals surface area contributed by atoms with Crippen LogP contribution < -0.4 is 5.73 Å². The predicted molar refractivity (Wildman–Crippen MR) is 88.6 cm³/mol. The molecular weight excluding hydrogens is 290 g/mol. The lowest BCUT2D eigenvalue weighted by Crippen LogP contribution is -2.39. The highest BCUT2D eigenvalue weighted by Crippen LogP contribution is 2.33. The zero-order chi connectivity index (χ0) is 16.1. The van der Waals surface area contributed by atoms with Crippen molar-refractivity contribution in [3.05, 3.63) is 59.8 Å². The van der Waals surface area contributed by atoms with Crippen LogP contribution in [0.3, 0.4) is 0 Å². The number of hydrogen-bond acceptors (Lipinski definition) is 4. The molecule has 0 saturated carbocycles. The van der Waals surface area contributed by atoms with E-state index in [2.05, 4.69) is 4.98 Å². The maximum atomic E-state index is 12.5. The van der Waals surface area contributed by atoms with Crippen molar-refractivity contribution in [1.82, 2.24) is 9.88 Å². The third kappa shape index (κ3) is 3.62. The number of piperidine rings is 1. The molecule has 5 nitrogen and oxygen atoms in total. The van der Waals surface area contributed by atoms with Crippen LogP contribution in [0.1, 0.15) is 36.4 Å². The van der Waals surface area contributed by atoms with E-state index in [9.17, 15) is 4.79 Å². The van der Waals surface area contributed by atoms with Crippen LogP contribution in [0.4, 0.5) is 10.6 Å². The van der Waals surface area contributed by atoms with Crippen molar-refractivity contribution in [2.45, 2.75) is 31.9 Å². The average molecular weight is 311 g/mol. The van der Waals surface area contributed by atoms with Crippen molar-refractivity contribution in [1.29, 1.82) is 0 Å². The van der Waals surface area contributed by atoms with Crippen LogP contribution in [0.15, 0.2) is 48.7 Å². The van der Waals surface area contributed by atoms with Crippen LogP contribution >= 0.6 is 0 Å². The number of amides is 1. The number of nitrogens with two attached hydrogens (primary N) is 1. The quantitative estimate of drug-likeness (QED) is 0.941. The maximum absolute atomic E-state index is 12.5. The molecular formula is C18H21N3O2. The number of rotatable bonds is 3. The molecule has 1 aliphatic heterocycles. The first-order chi connectivity index (χ1) is 11.3. The van der Waals surface area contributed by atoms with Gasteiger partial charge in [0.15, 0.2) is 0 Å². The van der Waals surface area contributed by atoms with Gasteiger partial charge in [0.2, 0.25) is 0 Å². The summed E-state index contributed by atoms with van der Waals surface area (Å²) < 4.78 is 5.48. The summed E-state index contributed by atoms with van der Waals surface area (Å²) >= 11 is 0. The Kier molecular flexibility index (Phi) is 4.76. The van der Waals surface area contributed by atoms with Gasteiger partial charge in [-0.25, -0.2) is 9.78 Å². The van der Waals surface area contributed by atoms with E-state index in [4.69, 9.17) is 10.5 Å². The van der Waals surface area contributed by atoms with Crippen LogP contribution in [0.2, 0.25) is 0 Å². The van der Waals surface area contributed by atoms with E-state index in [0.29, 0.717) is 12.4 Å². The highest BCUT2D eigenvalue weighted by molar-refractivity contribution is 5.69. The number of carbonyl (C=O) groups is 1. The van der Waals surface area contributed by atoms with Crippen LogP contribution in [0.25, 0.3) is 0 Å². The molecule has 1 amide bonds. The Balaban J connectivity index is 1.71. The molecule has 2 N–H and O–H groups in total. The zero-order valence-corrected chi connectivity index (χ0v) is 13.0. The van der Waals surface area contributed by atoms with Crippen LogP contribution in [-0.2, 0) is 11.3 Å². The summed E-state index contributed by atoms with van der Waals surface area (Å²) in [6.45, 7) is 0.970. The lowest BCUT2D eigenvalue weighted by Gasteiger charge is -2.35. The van der Waals surface area contributed by atoms with Gasteiger partial charge in [0.05, 0.1) is 6.04 Å². The number of nitrogens with zero attached hydrogens (tertiary/aromatic N) is 2. The number of nitrogen functional groups attached to an aromatic ring is 1. The van der Waals surface area contributed by atoms with Gasteiger partial charge in [-0.05, 0) is 30.9 Å². The Morgan fingerprint density at radius 2 is 2.04 bits per heavy atom. The minimum Gasteiger partial charge on any atom is -0.445 e. The molecule has 1 aliphatic rings. The number of anilines is 1. The van der Waals surface area contributed by atoms with Crippen molar-refractivity contribution in [3.63, 3.8) is 0 Å². The second-order valence-electron chi connectivity index (χ2n) is 5.72. The van der Waals surface area contributed by atoms with Crippen LogP contribution in [0, 0.1) is 0 Å². The van der Waals surface area contributed by atoms with E-state index < -0.39 is 0 Å². The van der Waals surface area contributed by atoms with Crippen molar-refractivity contribution in [3.8, 4) is 0 Å². The van der Waals surface area contributed by atoms with Crippen molar-refractivity contribution in [2.24, 2.45) is 0 Å². The lowest BCUT2D eigenvalue weighted by molar-refractivity contribution is 0.0680. The Hall–Kier alpha value is -2.56. The number of carbonyl (C=O) groups excluding carboxylic acids is 1. The molecule has 0 spiro atoms. The number of likely N-dealkylation sites (tertiary alicyclic amines) is 1. The van der Waals surface area contributed by atoms with Crippen molar-refractivity contribution in [2.75, 3.05) is 12.3 Å². The highest BCUT2D eigenvalue weighted by Gasteiger charge is 2.30. The van der Waals surface area contributed by atoms with Gasteiger partial charge >= 0.3 is 6.09 Å². The van der Waals surface area contributed by atoms with Gasteiger partial charge in [0, 0.05) is 18.3 Å². The molecule has 23 heavy (non-hydrogen) atoms. The fourth-order valence-electron chi connectivity index (χ4n) is 2.99. The van der Waals surface area contributed by atoms with Crippen LogP contribution in [-0.4, -0.2) is 22.5 Å². The summed E-state index contributed by atoms with van der Waals surface area (Å²) in [5.41, 5.74) is 7.88. The Morgan fingerprint density at radius 3 is 2.83 bits per heavy atom. The SMILES string of the molecule is Nc1ncccc1[C@H]1CCCCN1C(=O)OCc1ccccc1. The Morgan fingerprint density at radius 1 is 1.22 bits per heavy atom. The molecule has 2 heterocycles. The van der Waals surface area contributed by atoms with E-state index in [1.54, 1.807) is 11.1 Å². The maximum Gasteiger partial charge on any atom is 0.410 e. The molecule has 0 radical (unpaired) electrons. The van der Waals surface area contributed by atoms with Crippen molar-refractivity contribution >= 4 is 11.9 Å². The second-order valence-corrected chi connectivity index (χ2v) is 5.72. The van der Waals surface area contributed by atoms with Gasteiger partial charge in [-0.3, -0.25) is 0 Å². The van der Waals surface area contributed by atoms with Gasteiger partial charge in [-0.15, -0.1) is 0 Å². The molecule has 120 valence electrons. The minimum atomic E-state index is -0.290. The monoisotopic (exact) mass is 311 g/mol. The smallest absolute Gasteiger partial charge is 0.410 e. The molecule has 1 aromatic heterocycles. The third-order valence-electron chi connectivity index (χ3n) is 4.17.